The molecular formula is C21H18N2O3. The number of ether oxygens (including phenoxy) is 1. The standard InChI is InChI=1S/C21H18N2O3/c22-20(24)15-8-11-19(21(23)25)16(13-15)12-14-6-9-18(10-7-14)26-17-4-2-1-3-5-17/h1-11,13H,12H2,(H2,22,24)(H2,23,25). The van der Waals surface area contributed by atoms with Crippen LogP contribution in [-0.2, 0) is 6.42 Å². The minimum atomic E-state index is -0.547. The fourth-order valence-corrected chi connectivity index (χ4v) is 2.65. The Kier molecular flexibility index (Phi) is 4.99. The van der Waals surface area contributed by atoms with Gasteiger partial charge in [-0.15, -0.1) is 0 Å². The van der Waals surface area contributed by atoms with Crippen molar-refractivity contribution in [1.29, 1.82) is 0 Å². The number of hydrogen-bond acceptors (Lipinski definition) is 3. The van der Waals surface area contributed by atoms with Crippen molar-refractivity contribution in [2.75, 3.05) is 0 Å². The van der Waals surface area contributed by atoms with Crippen molar-refractivity contribution >= 4 is 11.8 Å². The van der Waals surface area contributed by atoms with E-state index in [9.17, 15) is 9.59 Å². The van der Waals surface area contributed by atoms with Crippen LogP contribution in [0.3, 0.4) is 0 Å². The van der Waals surface area contributed by atoms with Crippen LogP contribution in [0.15, 0.2) is 72.8 Å². The van der Waals surface area contributed by atoms with Gasteiger partial charge in [-0.25, -0.2) is 0 Å². The van der Waals surface area contributed by atoms with E-state index in [0.29, 0.717) is 28.9 Å². The molecule has 3 rings (SSSR count). The predicted octanol–water partition coefficient (Wildman–Crippen LogP) is 3.27. The van der Waals surface area contributed by atoms with Crippen molar-refractivity contribution in [3.63, 3.8) is 0 Å². The maximum atomic E-state index is 11.6. The fraction of sp³-hybridized carbons (Fsp3) is 0.0476. The molecule has 0 fully saturated rings. The van der Waals surface area contributed by atoms with E-state index in [1.807, 2.05) is 54.6 Å². The van der Waals surface area contributed by atoms with Gasteiger partial charge in [-0.3, -0.25) is 9.59 Å². The van der Waals surface area contributed by atoms with Crippen LogP contribution in [-0.4, -0.2) is 11.8 Å². The van der Waals surface area contributed by atoms with Gasteiger partial charge in [0.1, 0.15) is 11.5 Å². The lowest BCUT2D eigenvalue weighted by Gasteiger charge is -2.10. The topological polar surface area (TPSA) is 95.4 Å². The zero-order chi connectivity index (χ0) is 18.5. The Morgan fingerprint density at radius 1 is 0.769 bits per heavy atom. The quantitative estimate of drug-likeness (QED) is 0.717. The van der Waals surface area contributed by atoms with Gasteiger partial charge in [0.25, 0.3) is 0 Å². The molecule has 3 aromatic rings. The lowest BCUT2D eigenvalue weighted by molar-refractivity contribution is 0.0987. The monoisotopic (exact) mass is 346 g/mol. The summed E-state index contributed by atoms with van der Waals surface area (Å²) in [7, 11) is 0. The van der Waals surface area contributed by atoms with Crippen LogP contribution in [0.4, 0.5) is 0 Å². The second kappa shape index (κ2) is 7.53. The van der Waals surface area contributed by atoms with Gasteiger partial charge in [0.15, 0.2) is 0 Å². The molecule has 0 saturated carbocycles. The molecule has 5 nitrogen and oxygen atoms in total. The highest BCUT2D eigenvalue weighted by atomic mass is 16.5. The Morgan fingerprint density at radius 3 is 2.04 bits per heavy atom. The third kappa shape index (κ3) is 4.08. The first-order chi connectivity index (χ1) is 12.5. The van der Waals surface area contributed by atoms with Crippen LogP contribution in [0.2, 0.25) is 0 Å². The number of primary amides is 2. The van der Waals surface area contributed by atoms with Gasteiger partial charge in [0, 0.05) is 11.1 Å². The van der Waals surface area contributed by atoms with E-state index < -0.39 is 11.8 Å². The lowest BCUT2D eigenvalue weighted by Crippen LogP contribution is -2.17. The zero-order valence-corrected chi connectivity index (χ0v) is 14.0. The molecule has 0 bridgehead atoms. The summed E-state index contributed by atoms with van der Waals surface area (Å²) in [5, 5.41) is 0. The molecule has 0 spiro atoms. The predicted molar refractivity (Wildman–Crippen MR) is 99.2 cm³/mol. The van der Waals surface area contributed by atoms with Crippen molar-refractivity contribution < 1.29 is 14.3 Å². The van der Waals surface area contributed by atoms with E-state index in [1.54, 1.807) is 6.07 Å². The van der Waals surface area contributed by atoms with E-state index >= 15 is 0 Å². The average molecular weight is 346 g/mol. The number of amides is 2. The Morgan fingerprint density at radius 2 is 1.42 bits per heavy atom. The molecule has 0 heterocycles. The van der Waals surface area contributed by atoms with E-state index in [4.69, 9.17) is 16.2 Å². The highest BCUT2D eigenvalue weighted by Gasteiger charge is 2.12. The van der Waals surface area contributed by atoms with E-state index in [2.05, 4.69) is 0 Å². The number of benzene rings is 3. The number of carbonyl (C=O) groups is 2. The molecule has 0 aromatic heterocycles. The Balaban J connectivity index is 1.81. The van der Waals surface area contributed by atoms with Crippen LogP contribution >= 0.6 is 0 Å². The van der Waals surface area contributed by atoms with E-state index in [-0.39, 0.29) is 0 Å². The van der Waals surface area contributed by atoms with Crippen LogP contribution in [0.5, 0.6) is 11.5 Å². The summed E-state index contributed by atoms with van der Waals surface area (Å²) in [4.78, 5) is 23.0. The number of para-hydroxylation sites is 1. The second-order valence-corrected chi connectivity index (χ2v) is 5.84. The van der Waals surface area contributed by atoms with Crippen molar-refractivity contribution in [2.45, 2.75) is 6.42 Å². The molecule has 26 heavy (non-hydrogen) atoms. The van der Waals surface area contributed by atoms with Gasteiger partial charge >= 0.3 is 0 Å². The molecule has 3 aromatic carbocycles. The third-order valence-electron chi connectivity index (χ3n) is 3.95. The summed E-state index contributed by atoms with van der Waals surface area (Å²) in [6.45, 7) is 0. The van der Waals surface area contributed by atoms with E-state index in [1.165, 1.54) is 12.1 Å². The first-order valence-electron chi connectivity index (χ1n) is 8.07. The minimum Gasteiger partial charge on any atom is -0.457 e. The number of nitrogens with two attached hydrogens (primary N) is 2. The Hall–Kier alpha value is -3.60. The first kappa shape index (κ1) is 17.2. The summed E-state index contributed by atoms with van der Waals surface area (Å²) in [5.74, 6) is 0.375. The minimum absolute atomic E-state index is 0.342. The van der Waals surface area contributed by atoms with Crippen molar-refractivity contribution in [3.05, 3.63) is 95.1 Å². The molecule has 2 amide bonds. The van der Waals surface area contributed by atoms with Crippen LogP contribution < -0.4 is 16.2 Å². The summed E-state index contributed by atoms with van der Waals surface area (Å²) in [6.07, 6.45) is 0.449. The van der Waals surface area contributed by atoms with Crippen molar-refractivity contribution in [3.8, 4) is 11.5 Å². The first-order valence-corrected chi connectivity index (χ1v) is 8.07. The highest BCUT2D eigenvalue weighted by Crippen LogP contribution is 2.23. The second-order valence-electron chi connectivity index (χ2n) is 5.84. The molecule has 5 heteroatoms. The maximum Gasteiger partial charge on any atom is 0.248 e. The maximum absolute atomic E-state index is 11.6. The zero-order valence-electron chi connectivity index (χ0n) is 14.0. The Labute approximate surface area is 151 Å². The summed E-state index contributed by atoms with van der Waals surface area (Å²) in [5.41, 5.74) is 13.1. The molecule has 0 radical (unpaired) electrons. The largest absolute Gasteiger partial charge is 0.457 e. The molecule has 4 N–H and O–H groups in total. The normalized spacial score (nSPS) is 10.3. The average Bonchev–Trinajstić information content (AvgIpc) is 2.64. The van der Waals surface area contributed by atoms with Gasteiger partial charge in [-0.2, -0.15) is 0 Å². The van der Waals surface area contributed by atoms with Gasteiger partial charge in [-0.05, 0) is 60.0 Å². The van der Waals surface area contributed by atoms with Crippen molar-refractivity contribution in [2.24, 2.45) is 11.5 Å². The summed E-state index contributed by atoms with van der Waals surface area (Å²) >= 11 is 0. The molecule has 0 aliphatic heterocycles. The van der Waals surface area contributed by atoms with Gasteiger partial charge < -0.3 is 16.2 Å². The smallest absolute Gasteiger partial charge is 0.248 e. The van der Waals surface area contributed by atoms with Gasteiger partial charge in [0.2, 0.25) is 11.8 Å². The number of carbonyl (C=O) groups excluding carboxylic acids is 2. The van der Waals surface area contributed by atoms with Crippen LogP contribution in [0.25, 0.3) is 0 Å². The fourth-order valence-electron chi connectivity index (χ4n) is 2.65. The lowest BCUT2D eigenvalue weighted by atomic mass is 9.97. The van der Waals surface area contributed by atoms with Crippen LogP contribution in [0, 0.1) is 0 Å². The van der Waals surface area contributed by atoms with Crippen LogP contribution in [0.1, 0.15) is 31.8 Å². The molecule has 0 saturated heterocycles. The van der Waals surface area contributed by atoms with Crippen molar-refractivity contribution in [1.82, 2.24) is 0 Å². The molecule has 0 unspecified atom stereocenters. The SMILES string of the molecule is NC(=O)c1ccc(C(N)=O)c(Cc2ccc(Oc3ccccc3)cc2)c1. The molecular weight excluding hydrogens is 328 g/mol. The highest BCUT2D eigenvalue weighted by molar-refractivity contribution is 5.98. The third-order valence-corrected chi connectivity index (χ3v) is 3.95. The summed E-state index contributed by atoms with van der Waals surface area (Å²) in [6, 6.07) is 21.6. The molecule has 0 aliphatic carbocycles. The van der Waals surface area contributed by atoms with Gasteiger partial charge in [0.05, 0.1) is 0 Å². The number of rotatable bonds is 6. The molecule has 0 atom stereocenters. The molecule has 130 valence electrons. The number of hydrogen-bond donors (Lipinski definition) is 2. The van der Waals surface area contributed by atoms with E-state index in [0.717, 1.165) is 11.3 Å². The summed E-state index contributed by atoms with van der Waals surface area (Å²) < 4.78 is 5.76. The molecule has 0 aliphatic rings. The Bertz CT molecular complexity index is 935. The van der Waals surface area contributed by atoms with Gasteiger partial charge in [-0.1, -0.05) is 30.3 Å².